The van der Waals surface area contributed by atoms with Crippen molar-refractivity contribution in [2.24, 2.45) is 0 Å². The quantitative estimate of drug-likeness (QED) is 0.761. The third-order valence-corrected chi connectivity index (χ3v) is 2.52. The molecule has 0 spiro atoms. The topological polar surface area (TPSA) is 53.9 Å². The van der Waals surface area contributed by atoms with Crippen molar-refractivity contribution in [1.82, 2.24) is 20.5 Å². The van der Waals surface area contributed by atoms with Gasteiger partial charge in [0, 0.05) is 32.1 Å². The highest BCUT2D eigenvalue weighted by Crippen LogP contribution is 2.13. The minimum Gasteiger partial charge on any atom is -0.353 e. The third kappa shape index (κ3) is 2.41. The van der Waals surface area contributed by atoms with Crippen LogP contribution in [-0.4, -0.2) is 41.4 Å². The van der Waals surface area contributed by atoms with Gasteiger partial charge in [-0.2, -0.15) is 5.10 Å². The van der Waals surface area contributed by atoms with Crippen molar-refractivity contribution in [2.45, 2.75) is 19.8 Å². The van der Waals surface area contributed by atoms with Crippen LogP contribution in [0.1, 0.15) is 25.6 Å². The minimum absolute atomic E-state index is 0.334. The molecule has 0 amide bonds. The van der Waals surface area contributed by atoms with Crippen molar-refractivity contribution in [3.8, 4) is 0 Å². The molecule has 0 unspecified atom stereocenters. The Morgan fingerprint density at radius 2 is 2.07 bits per heavy atom. The smallest absolute Gasteiger partial charge is 0.155 e. The first-order valence-electron chi connectivity index (χ1n) is 5.42. The second kappa shape index (κ2) is 4.53. The fourth-order valence-electron chi connectivity index (χ4n) is 1.60. The van der Waals surface area contributed by atoms with E-state index >= 15 is 0 Å². The molecule has 1 N–H and O–H groups in total. The highest BCUT2D eigenvalue weighted by molar-refractivity contribution is 5.36. The molecule has 1 aromatic rings. The maximum absolute atomic E-state index is 4.52. The van der Waals surface area contributed by atoms with E-state index in [4.69, 9.17) is 0 Å². The van der Waals surface area contributed by atoms with E-state index in [0.717, 1.165) is 37.8 Å². The number of nitrogens with zero attached hydrogens (tertiary/aromatic N) is 4. The molecule has 1 fully saturated rings. The fraction of sp³-hybridized carbons (Fsp3) is 0.700. The molecule has 0 bridgehead atoms. The van der Waals surface area contributed by atoms with Crippen LogP contribution in [-0.2, 0) is 0 Å². The number of hydrogen-bond donors (Lipinski definition) is 1. The number of nitrogens with one attached hydrogen (secondary N) is 1. The molecule has 0 aliphatic carbocycles. The van der Waals surface area contributed by atoms with Crippen molar-refractivity contribution in [3.05, 3.63) is 12.0 Å². The van der Waals surface area contributed by atoms with E-state index in [1.165, 1.54) is 0 Å². The average Bonchev–Trinajstić information content (AvgIpc) is 2.30. The van der Waals surface area contributed by atoms with E-state index in [-0.39, 0.29) is 0 Å². The first kappa shape index (κ1) is 10.3. The lowest BCUT2D eigenvalue weighted by Crippen LogP contribution is -2.44. The molecule has 0 aromatic carbocycles. The van der Waals surface area contributed by atoms with Crippen LogP contribution in [0.3, 0.4) is 0 Å². The predicted molar refractivity (Wildman–Crippen MR) is 59.0 cm³/mol. The zero-order chi connectivity index (χ0) is 10.7. The van der Waals surface area contributed by atoms with E-state index in [0.29, 0.717) is 5.92 Å². The van der Waals surface area contributed by atoms with E-state index in [1.54, 1.807) is 6.20 Å². The van der Waals surface area contributed by atoms with Gasteiger partial charge in [0.25, 0.3) is 0 Å². The van der Waals surface area contributed by atoms with E-state index in [9.17, 15) is 0 Å². The van der Waals surface area contributed by atoms with Crippen LogP contribution in [0.5, 0.6) is 0 Å². The summed E-state index contributed by atoms with van der Waals surface area (Å²) in [5, 5.41) is 11.4. The van der Waals surface area contributed by atoms with Gasteiger partial charge in [-0.05, 0) is 0 Å². The van der Waals surface area contributed by atoms with E-state index < -0.39 is 0 Å². The largest absolute Gasteiger partial charge is 0.353 e. The summed E-state index contributed by atoms with van der Waals surface area (Å²) < 4.78 is 0. The minimum atomic E-state index is 0.334. The van der Waals surface area contributed by atoms with E-state index in [1.807, 2.05) is 0 Å². The van der Waals surface area contributed by atoms with Gasteiger partial charge < -0.3 is 10.2 Å². The number of anilines is 1. The number of hydrogen-bond acceptors (Lipinski definition) is 5. The van der Waals surface area contributed by atoms with Gasteiger partial charge in [0.05, 0.1) is 6.20 Å². The van der Waals surface area contributed by atoms with Gasteiger partial charge in [0.1, 0.15) is 0 Å². The second-order valence-electron chi connectivity index (χ2n) is 4.06. The Morgan fingerprint density at radius 3 is 2.73 bits per heavy atom. The van der Waals surface area contributed by atoms with E-state index in [2.05, 4.69) is 39.2 Å². The lowest BCUT2D eigenvalue weighted by Gasteiger charge is -2.28. The Bertz CT molecular complexity index is 319. The normalized spacial score (nSPS) is 17.1. The molecule has 0 saturated carbocycles. The molecular weight excluding hydrogens is 190 g/mol. The summed E-state index contributed by atoms with van der Waals surface area (Å²) in [6.07, 6.45) is 1.75. The second-order valence-corrected chi connectivity index (χ2v) is 4.06. The molecule has 0 radical (unpaired) electrons. The van der Waals surface area contributed by atoms with Gasteiger partial charge in [-0.1, -0.05) is 13.8 Å². The number of aromatic nitrogens is 3. The summed E-state index contributed by atoms with van der Waals surface area (Å²) in [6.45, 7) is 8.19. The lowest BCUT2D eigenvalue weighted by atomic mass is 10.2. The van der Waals surface area contributed by atoms with Gasteiger partial charge >= 0.3 is 0 Å². The zero-order valence-corrected chi connectivity index (χ0v) is 9.27. The van der Waals surface area contributed by atoms with Crippen LogP contribution in [0.4, 0.5) is 5.82 Å². The lowest BCUT2D eigenvalue weighted by molar-refractivity contribution is 0.580. The summed E-state index contributed by atoms with van der Waals surface area (Å²) in [5.74, 6) is 2.11. The van der Waals surface area contributed by atoms with Gasteiger partial charge in [-0.25, -0.2) is 4.98 Å². The zero-order valence-electron chi connectivity index (χ0n) is 9.27. The third-order valence-electron chi connectivity index (χ3n) is 2.52. The molecule has 2 heterocycles. The maximum Gasteiger partial charge on any atom is 0.155 e. The number of piperazine rings is 1. The van der Waals surface area contributed by atoms with Gasteiger partial charge in [0.15, 0.2) is 11.6 Å². The molecule has 5 nitrogen and oxygen atoms in total. The molecule has 15 heavy (non-hydrogen) atoms. The van der Waals surface area contributed by atoms with Crippen molar-refractivity contribution >= 4 is 5.82 Å². The Kier molecular flexibility index (Phi) is 3.11. The Labute approximate surface area is 89.9 Å². The first-order chi connectivity index (χ1) is 7.27. The SMILES string of the molecule is CC(C)c1nncc(N2CCNCC2)n1. The Hall–Kier alpha value is -1.23. The summed E-state index contributed by atoms with van der Waals surface area (Å²) in [5.41, 5.74) is 0. The maximum atomic E-state index is 4.52. The van der Waals surface area contributed by atoms with Crippen LogP contribution in [0.2, 0.25) is 0 Å². The van der Waals surface area contributed by atoms with Crippen LogP contribution in [0.25, 0.3) is 0 Å². The van der Waals surface area contributed by atoms with Gasteiger partial charge in [-0.15, -0.1) is 5.10 Å². The highest BCUT2D eigenvalue weighted by Gasteiger charge is 2.13. The summed E-state index contributed by atoms with van der Waals surface area (Å²) in [4.78, 5) is 6.77. The Balaban J connectivity index is 2.16. The molecular formula is C10H17N5. The van der Waals surface area contributed by atoms with Crippen molar-refractivity contribution < 1.29 is 0 Å². The molecule has 1 saturated heterocycles. The van der Waals surface area contributed by atoms with Crippen molar-refractivity contribution in [3.63, 3.8) is 0 Å². The molecule has 1 aromatic heterocycles. The molecule has 5 heteroatoms. The molecule has 1 aliphatic rings. The van der Waals surface area contributed by atoms with Crippen LogP contribution in [0.15, 0.2) is 6.20 Å². The van der Waals surface area contributed by atoms with Gasteiger partial charge in [-0.3, -0.25) is 0 Å². The first-order valence-corrected chi connectivity index (χ1v) is 5.42. The van der Waals surface area contributed by atoms with Crippen molar-refractivity contribution in [1.29, 1.82) is 0 Å². The highest BCUT2D eigenvalue weighted by atomic mass is 15.3. The fourth-order valence-corrected chi connectivity index (χ4v) is 1.60. The van der Waals surface area contributed by atoms with Crippen LogP contribution >= 0.6 is 0 Å². The summed E-state index contributed by atoms with van der Waals surface area (Å²) in [7, 11) is 0. The number of rotatable bonds is 2. The van der Waals surface area contributed by atoms with Crippen LogP contribution in [0, 0.1) is 0 Å². The molecule has 82 valence electrons. The monoisotopic (exact) mass is 207 g/mol. The van der Waals surface area contributed by atoms with Crippen LogP contribution < -0.4 is 10.2 Å². The molecule has 1 aliphatic heterocycles. The summed E-state index contributed by atoms with van der Waals surface area (Å²) >= 11 is 0. The van der Waals surface area contributed by atoms with Crippen molar-refractivity contribution in [2.75, 3.05) is 31.1 Å². The van der Waals surface area contributed by atoms with Gasteiger partial charge in [0.2, 0.25) is 0 Å². The molecule has 2 rings (SSSR count). The molecule has 0 atom stereocenters. The average molecular weight is 207 g/mol. The predicted octanol–water partition coefficient (Wildman–Crippen LogP) is 0.405. The Morgan fingerprint density at radius 1 is 1.33 bits per heavy atom. The summed E-state index contributed by atoms with van der Waals surface area (Å²) in [6, 6.07) is 0. The standard InChI is InChI=1S/C10H17N5/c1-8(2)10-13-9(7-12-14-10)15-5-3-11-4-6-15/h7-8,11H,3-6H2,1-2H3.